The van der Waals surface area contributed by atoms with E-state index in [1.54, 1.807) is 12.1 Å². The van der Waals surface area contributed by atoms with Crippen molar-refractivity contribution in [2.24, 2.45) is 5.92 Å². The molecule has 1 amide bonds. The molecule has 0 bridgehead atoms. The first-order chi connectivity index (χ1) is 18.9. The topological polar surface area (TPSA) is 32.8 Å². The molecule has 3 aliphatic rings. The number of hydrogen-bond acceptors (Lipinski definition) is 3. The Bertz CT molecular complexity index is 1160. The molecule has 218 valence electrons. The number of ether oxygens (including phenoxy) is 1. The Balaban J connectivity index is 1.35. The second kappa shape index (κ2) is 11.5. The van der Waals surface area contributed by atoms with Crippen LogP contribution in [0, 0.1) is 5.92 Å². The maximum Gasteiger partial charge on any atom is 0.416 e. The molecule has 0 spiro atoms. The Morgan fingerprint density at radius 2 is 1.45 bits per heavy atom. The van der Waals surface area contributed by atoms with Crippen LogP contribution in [0.15, 0.2) is 42.5 Å². The van der Waals surface area contributed by atoms with Gasteiger partial charge in [-0.1, -0.05) is 23.7 Å². The zero-order valence-electron chi connectivity index (χ0n) is 21.8. The van der Waals surface area contributed by atoms with Crippen LogP contribution in [0.2, 0.25) is 5.02 Å². The van der Waals surface area contributed by atoms with Gasteiger partial charge in [-0.05, 0) is 73.9 Å². The third-order valence-electron chi connectivity index (χ3n) is 8.21. The van der Waals surface area contributed by atoms with Crippen molar-refractivity contribution < 1.29 is 35.9 Å². The summed E-state index contributed by atoms with van der Waals surface area (Å²) in [4.78, 5) is 17.1. The van der Waals surface area contributed by atoms with Crippen molar-refractivity contribution in [2.75, 3.05) is 32.8 Å². The average Bonchev–Trinajstić information content (AvgIpc) is 3.75. The number of benzene rings is 2. The Morgan fingerprint density at radius 3 is 2.00 bits per heavy atom. The summed E-state index contributed by atoms with van der Waals surface area (Å²) in [6.45, 7) is 2.84. The van der Waals surface area contributed by atoms with Gasteiger partial charge in [-0.25, -0.2) is 0 Å². The molecule has 3 fully saturated rings. The predicted molar refractivity (Wildman–Crippen MR) is 138 cm³/mol. The van der Waals surface area contributed by atoms with E-state index in [0.717, 1.165) is 38.1 Å². The first-order valence-corrected chi connectivity index (χ1v) is 14.0. The van der Waals surface area contributed by atoms with E-state index < -0.39 is 35.0 Å². The molecule has 2 saturated heterocycles. The van der Waals surface area contributed by atoms with Crippen LogP contribution in [-0.4, -0.2) is 60.6 Å². The van der Waals surface area contributed by atoms with Crippen molar-refractivity contribution in [1.29, 1.82) is 0 Å². The van der Waals surface area contributed by atoms with Gasteiger partial charge in [0.05, 0.1) is 17.2 Å². The zero-order valence-corrected chi connectivity index (χ0v) is 22.5. The van der Waals surface area contributed by atoms with Gasteiger partial charge >= 0.3 is 12.4 Å². The van der Waals surface area contributed by atoms with Gasteiger partial charge in [-0.2, -0.15) is 26.3 Å². The minimum atomic E-state index is -5.02. The van der Waals surface area contributed by atoms with Gasteiger partial charge in [0.2, 0.25) is 0 Å². The monoisotopic (exact) mass is 588 g/mol. The number of halogens is 7. The normalized spacial score (nSPS) is 23.4. The largest absolute Gasteiger partial charge is 0.416 e. The van der Waals surface area contributed by atoms with Gasteiger partial charge in [0.1, 0.15) is 0 Å². The number of amides is 1. The van der Waals surface area contributed by atoms with E-state index in [9.17, 15) is 31.1 Å². The number of carbonyl (C=O) groups is 1. The van der Waals surface area contributed by atoms with Crippen LogP contribution in [0.3, 0.4) is 0 Å². The van der Waals surface area contributed by atoms with Crippen LogP contribution >= 0.6 is 11.6 Å². The molecule has 11 heteroatoms. The zero-order chi connectivity index (χ0) is 28.7. The fourth-order valence-corrected chi connectivity index (χ4v) is 5.92. The molecule has 2 atom stereocenters. The molecule has 0 unspecified atom stereocenters. The first-order valence-electron chi connectivity index (χ1n) is 13.6. The van der Waals surface area contributed by atoms with Crippen LogP contribution in [0.1, 0.15) is 65.1 Å². The average molecular weight is 589 g/mol. The molecule has 2 aliphatic heterocycles. The Hall–Kier alpha value is -2.30. The summed E-state index contributed by atoms with van der Waals surface area (Å²) in [5.74, 6) is -0.341. The van der Waals surface area contributed by atoms with Gasteiger partial charge < -0.3 is 9.64 Å². The molecule has 40 heavy (non-hydrogen) atoms. The van der Waals surface area contributed by atoms with Crippen LogP contribution in [0.25, 0.3) is 0 Å². The Labute approximate surface area is 234 Å². The summed E-state index contributed by atoms with van der Waals surface area (Å²) < 4.78 is 86.6. The van der Waals surface area contributed by atoms with Gasteiger partial charge in [-0.15, -0.1) is 0 Å². The quantitative estimate of drug-likeness (QED) is 0.333. The third kappa shape index (κ3) is 6.94. The molecule has 5 rings (SSSR count). The van der Waals surface area contributed by atoms with E-state index in [4.69, 9.17) is 16.3 Å². The van der Waals surface area contributed by atoms with Crippen molar-refractivity contribution in [3.63, 3.8) is 0 Å². The molecule has 1 saturated carbocycles. The second-order valence-corrected chi connectivity index (χ2v) is 11.5. The van der Waals surface area contributed by atoms with Crippen molar-refractivity contribution in [1.82, 2.24) is 9.80 Å². The minimum Gasteiger partial charge on any atom is -0.378 e. The van der Waals surface area contributed by atoms with Gasteiger partial charge in [-0.3, -0.25) is 9.69 Å². The maximum absolute atomic E-state index is 13.4. The van der Waals surface area contributed by atoms with E-state index in [2.05, 4.69) is 4.90 Å². The summed E-state index contributed by atoms with van der Waals surface area (Å²) in [5, 5.41) is 0.543. The fraction of sp³-hybridized carbons (Fsp3) is 0.552. The van der Waals surface area contributed by atoms with E-state index >= 15 is 0 Å². The number of carbonyl (C=O) groups excluding carboxylic acids is 1. The molecule has 0 aromatic heterocycles. The number of nitrogens with zero attached hydrogens (tertiary/aromatic N) is 2. The van der Waals surface area contributed by atoms with Crippen LogP contribution < -0.4 is 0 Å². The summed E-state index contributed by atoms with van der Waals surface area (Å²) in [6.07, 6.45) is -5.04. The van der Waals surface area contributed by atoms with Crippen LogP contribution in [0.5, 0.6) is 0 Å². The van der Waals surface area contributed by atoms with Crippen LogP contribution in [0.4, 0.5) is 26.3 Å². The molecule has 1 aliphatic carbocycles. The minimum absolute atomic E-state index is 0.0392. The molecule has 0 radical (unpaired) electrons. The standard InChI is InChI=1S/C29H31ClF6N2O2/c30-23-5-3-19(4-6-23)25-16-38(12-9-26(25)37-10-7-24(8-11-37)40-17-18-1-2-18)27(39)20-13-21(28(31,32)33)15-22(14-20)29(34,35)36/h3-6,13-15,18,24-26H,1-2,7-12,16-17H2/t25-,26-/m1/s1. The maximum atomic E-state index is 13.4. The summed E-state index contributed by atoms with van der Waals surface area (Å²) >= 11 is 6.10. The van der Waals surface area contributed by atoms with Crippen molar-refractivity contribution in [2.45, 2.75) is 62.5 Å². The summed E-state index contributed by atoms with van der Waals surface area (Å²) in [7, 11) is 0. The number of likely N-dealkylation sites (tertiary alicyclic amines) is 2. The predicted octanol–water partition coefficient (Wildman–Crippen LogP) is 7.27. The van der Waals surface area contributed by atoms with Gasteiger partial charge in [0.25, 0.3) is 5.91 Å². The lowest BCUT2D eigenvalue weighted by Crippen LogP contribution is -2.53. The number of hydrogen-bond donors (Lipinski definition) is 0. The smallest absolute Gasteiger partial charge is 0.378 e. The second-order valence-electron chi connectivity index (χ2n) is 11.1. The highest BCUT2D eigenvalue weighted by Gasteiger charge is 2.40. The summed E-state index contributed by atoms with van der Waals surface area (Å²) in [6, 6.07) is 8.33. The highest BCUT2D eigenvalue weighted by atomic mass is 35.5. The Morgan fingerprint density at radius 1 is 0.850 bits per heavy atom. The molecule has 2 aromatic rings. The molecular formula is C29H31ClF6N2O2. The SMILES string of the molecule is O=C(c1cc(C(F)(F)F)cc(C(F)(F)F)c1)N1CC[C@@H](N2CCC(OCC3CC3)CC2)[C@@H](c2ccc(Cl)cc2)C1. The lowest BCUT2D eigenvalue weighted by atomic mass is 9.83. The molecule has 4 nitrogen and oxygen atoms in total. The van der Waals surface area contributed by atoms with Crippen molar-refractivity contribution in [3.8, 4) is 0 Å². The highest BCUT2D eigenvalue weighted by Crippen LogP contribution is 2.38. The van der Waals surface area contributed by atoms with Crippen molar-refractivity contribution >= 4 is 17.5 Å². The molecule has 2 heterocycles. The fourth-order valence-electron chi connectivity index (χ4n) is 5.79. The molecule has 2 aromatic carbocycles. The van der Waals surface area contributed by atoms with E-state index in [-0.39, 0.29) is 37.2 Å². The van der Waals surface area contributed by atoms with Gasteiger partial charge in [0.15, 0.2) is 0 Å². The first kappa shape index (κ1) is 29.2. The number of rotatable bonds is 6. The number of alkyl halides is 6. The Kier molecular flexibility index (Phi) is 8.42. The molecular weight excluding hydrogens is 558 g/mol. The third-order valence-corrected chi connectivity index (χ3v) is 8.46. The van der Waals surface area contributed by atoms with Crippen LogP contribution in [-0.2, 0) is 17.1 Å². The molecule has 0 N–H and O–H groups in total. The van der Waals surface area contributed by atoms with E-state index in [1.807, 2.05) is 12.1 Å². The lowest BCUT2D eigenvalue weighted by molar-refractivity contribution is -0.143. The lowest BCUT2D eigenvalue weighted by Gasteiger charge is -2.46. The highest BCUT2D eigenvalue weighted by molar-refractivity contribution is 6.30. The number of piperidine rings is 2. The van der Waals surface area contributed by atoms with Crippen molar-refractivity contribution in [3.05, 3.63) is 69.7 Å². The summed E-state index contributed by atoms with van der Waals surface area (Å²) in [5.41, 5.74) is -2.70. The van der Waals surface area contributed by atoms with Gasteiger partial charge in [0, 0.05) is 55.3 Å². The van der Waals surface area contributed by atoms with E-state index in [1.165, 1.54) is 17.7 Å². The van der Waals surface area contributed by atoms with E-state index in [0.29, 0.717) is 29.5 Å².